The van der Waals surface area contributed by atoms with Crippen molar-refractivity contribution in [2.24, 2.45) is 0 Å². The van der Waals surface area contributed by atoms with Crippen LogP contribution in [-0.2, 0) is 0 Å². The smallest absolute Gasteiger partial charge is 0.173 e. The van der Waals surface area contributed by atoms with Crippen molar-refractivity contribution < 1.29 is 9.21 Å². The van der Waals surface area contributed by atoms with Crippen LogP contribution in [0, 0.1) is 0 Å². The lowest BCUT2D eigenvalue weighted by Crippen LogP contribution is -1.86. The summed E-state index contributed by atoms with van der Waals surface area (Å²) in [6.07, 6.45) is 2.15. The van der Waals surface area contributed by atoms with E-state index in [0.29, 0.717) is 17.6 Å². The molecule has 0 saturated carbocycles. The van der Waals surface area contributed by atoms with Crippen molar-refractivity contribution in [3.63, 3.8) is 0 Å². The molecule has 0 aliphatic carbocycles. The van der Waals surface area contributed by atoms with Crippen molar-refractivity contribution in [3.05, 3.63) is 27.6 Å². The standard InChI is InChI=1S/C8H3BrClNO2/c9-6-3-13-7-5(6)1-4(2-12)11-8(7)10/h1-3H. The fraction of sp³-hybridized carbons (Fsp3) is 0. The maximum atomic E-state index is 10.5. The molecule has 13 heavy (non-hydrogen) atoms. The number of pyridine rings is 1. The number of aldehydes is 1. The molecule has 0 aromatic carbocycles. The zero-order chi connectivity index (χ0) is 9.42. The molecule has 2 rings (SSSR count). The molecule has 0 N–H and O–H groups in total. The van der Waals surface area contributed by atoms with E-state index in [2.05, 4.69) is 20.9 Å². The van der Waals surface area contributed by atoms with E-state index in [1.54, 1.807) is 6.07 Å². The third-order valence-electron chi connectivity index (χ3n) is 1.61. The molecule has 2 heterocycles. The Hall–Kier alpha value is -0.870. The molecule has 5 heteroatoms. The van der Waals surface area contributed by atoms with E-state index >= 15 is 0 Å². The van der Waals surface area contributed by atoms with E-state index in [1.807, 2.05) is 0 Å². The monoisotopic (exact) mass is 259 g/mol. The van der Waals surface area contributed by atoms with Gasteiger partial charge < -0.3 is 4.42 Å². The van der Waals surface area contributed by atoms with Gasteiger partial charge in [-0.3, -0.25) is 4.79 Å². The summed E-state index contributed by atoms with van der Waals surface area (Å²) in [6, 6.07) is 1.61. The molecule has 3 nitrogen and oxygen atoms in total. The highest BCUT2D eigenvalue weighted by Crippen LogP contribution is 2.30. The zero-order valence-electron chi connectivity index (χ0n) is 6.25. The molecule has 0 atom stereocenters. The number of carbonyl (C=O) groups is 1. The average Bonchev–Trinajstić information content (AvgIpc) is 2.48. The molecule has 66 valence electrons. The molecule has 0 saturated heterocycles. The van der Waals surface area contributed by atoms with Gasteiger partial charge in [-0.05, 0) is 22.0 Å². The fourth-order valence-electron chi connectivity index (χ4n) is 1.04. The van der Waals surface area contributed by atoms with Crippen LogP contribution in [0.4, 0.5) is 0 Å². The first kappa shape index (κ1) is 8.72. The van der Waals surface area contributed by atoms with Crippen LogP contribution in [0.5, 0.6) is 0 Å². The van der Waals surface area contributed by atoms with E-state index in [-0.39, 0.29) is 5.15 Å². The summed E-state index contributed by atoms with van der Waals surface area (Å²) in [5.74, 6) is 0. The quantitative estimate of drug-likeness (QED) is 0.584. The van der Waals surface area contributed by atoms with Gasteiger partial charge in [0.05, 0.1) is 4.47 Å². The first-order chi connectivity index (χ1) is 6.22. The van der Waals surface area contributed by atoms with Crippen LogP contribution in [0.15, 0.2) is 21.2 Å². The minimum atomic E-state index is 0.199. The molecule has 0 unspecified atom stereocenters. The van der Waals surface area contributed by atoms with E-state index in [1.165, 1.54) is 6.26 Å². The van der Waals surface area contributed by atoms with Crippen LogP contribution >= 0.6 is 27.5 Å². The second kappa shape index (κ2) is 3.12. The lowest BCUT2D eigenvalue weighted by atomic mass is 10.3. The predicted octanol–water partition coefficient (Wildman–Crippen LogP) is 3.06. The summed E-state index contributed by atoms with van der Waals surface area (Å²) in [5.41, 5.74) is 0.777. The van der Waals surface area contributed by atoms with E-state index < -0.39 is 0 Å². The topological polar surface area (TPSA) is 43.1 Å². The Labute approximate surface area is 86.8 Å². The Balaban J connectivity index is 2.87. The van der Waals surface area contributed by atoms with Crippen LogP contribution in [0.1, 0.15) is 10.5 Å². The third kappa shape index (κ3) is 1.36. The molecule has 0 aliphatic rings. The van der Waals surface area contributed by atoms with Gasteiger partial charge in [0.15, 0.2) is 17.0 Å². The Morgan fingerprint density at radius 1 is 1.62 bits per heavy atom. The molecule has 2 aromatic rings. The second-order valence-corrected chi connectivity index (χ2v) is 3.63. The second-order valence-electron chi connectivity index (χ2n) is 2.42. The Bertz CT molecular complexity index is 480. The third-order valence-corrected chi connectivity index (χ3v) is 2.48. The number of rotatable bonds is 1. The van der Waals surface area contributed by atoms with Gasteiger partial charge in [-0.15, -0.1) is 0 Å². The van der Waals surface area contributed by atoms with Crippen LogP contribution < -0.4 is 0 Å². The number of furan rings is 1. The summed E-state index contributed by atoms with van der Waals surface area (Å²) in [7, 11) is 0. The summed E-state index contributed by atoms with van der Waals surface area (Å²) >= 11 is 9.04. The summed E-state index contributed by atoms with van der Waals surface area (Å²) in [4.78, 5) is 14.3. The van der Waals surface area contributed by atoms with Crippen LogP contribution in [0.2, 0.25) is 5.15 Å². The molecule has 0 fully saturated rings. The highest BCUT2D eigenvalue weighted by Gasteiger charge is 2.09. The van der Waals surface area contributed by atoms with E-state index in [0.717, 1.165) is 9.86 Å². The fourth-order valence-corrected chi connectivity index (χ4v) is 1.68. The average molecular weight is 260 g/mol. The largest absolute Gasteiger partial charge is 0.460 e. The Morgan fingerprint density at radius 2 is 2.38 bits per heavy atom. The molecule has 2 aromatic heterocycles. The minimum absolute atomic E-state index is 0.199. The van der Waals surface area contributed by atoms with Crippen LogP contribution in [-0.4, -0.2) is 11.3 Å². The van der Waals surface area contributed by atoms with Crippen molar-refractivity contribution in [2.45, 2.75) is 0 Å². The SMILES string of the molecule is O=Cc1cc2c(Br)coc2c(Cl)n1. The molecule has 0 aliphatic heterocycles. The number of fused-ring (bicyclic) bond motifs is 1. The number of halogens is 2. The molecule has 0 spiro atoms. The van der Waals surface area contributed by atoms with Gasteiger partial charge in [0.1, 0.15) is 12.0 Å². The van der Waals surface area contributed by atoms with Gasteiger partial charge in [-0.25, -0.2) is 4.98 Å². The first-order valence-corrected chi connectivity index (χ1v) is 4.58. The summed E-state index contributed by atoms with van der Waals surface area (Å²) < 4.78 is 5.88. The maximum absolute atomic E-state index is 10.5. The van der Waals surface area contributed by atoms with Crippen molar-refractivity contribution in [3.8, 4) is 0 Å². The van der Waals surface area contributed by atoms with Gasteiger partial charge >= 0.3 is 0 Å². The van der Waals surface area contributed by atoms with Crippen molar-refractivity contribution >= 4 is 44.8 Å². The van der Waals surface area contributed by atoms with Gasteiger partial charge in [0.2, 0.25) is 0 Å². The first-order valence-electron chi connectivity index (χ1n) is 3.41. The molecule has 0 radical (unpaired) electrons. The number of aromatic nitrogens is 1. The predicted molar refractivity (Wildman–Crippen MR) is 52.1 cm³/mol. The Morgan fingerprint density at radius 3 is 3.08 bits per heavy atom. The van der Waals surface area contributed by atoms with Gasteiger partial charge in [-0.1, -0.05) is 11.6 Å². The van der Waals surface area contributed by atoms with Crippen LogP contribution in [0.3, 0.4) is 0 Å². The lowest BCUT2D eigenvalue weighted by Gasteiger charge is -1.93. The summed E-state index contributed by atoms with van der Waals surface area (Å²) in [5, 5.41) is 0.951. The highest BCUT2D eigenvalue weighted by atomic mass is 79.9. The van der Waals surface area contributed by atoms with Crippen LogP contribution in [0.25, 0.3) is 11.0 Å². The van der Waals surface area contributed by atoms with Gasteiger partial charge in [-0.2, -0.15) is 0 Å². The molecule has 0 bridgehead atoms. The van der Waals surface area contributed by atoms with Gasteiger partial charge in [0, 0.05) is 5.39 Å². The normalized spacial score (nSPS) is 10.6. The summed E-state index contributed by atoms with van der Waals surface area (Å²) in [6.45, 7) is 0. The van der Waals surface area contributed by atoms with E-state index in [4.69, 9.17) is 16.0 Å². The highest BCUT2D eigenvalue weighted by molar-refractivity contribution is 9.10. The minimum Gasteiger partial charge on any atom is -0.460 e. The number of carbonyl (C=O) groups excluding carboxylic acids is 1. The van der Waals surface area contributed by atoms with Crippen molar-refractivity contribution in [1.29, 1.82) is 0 Å². The maximum Gasteiger partial charge on any atom is 0.173 e. The molecular weight excluding hydrogens is 257 g/mol. The molecular formula is C8H3BrClNO2. The lowest BCUT2D eigenvalue weighted by molar-refractivity contribution is 0.111. The zero-order valence-corrected chi connectivity index (χ0v) is 8.59. The Kier molecular flexibility index (Phi) is 2.09. The number of hydrogen-bond donors (Lipinski definition) is 0. The van der Waals surface area contributed by atoms with Crippen molar-refractivity contribution in [1.82, 2.24) is 4.98 Å². The van der Waals surface area contributed by atoms with E-state index in [9.17, 15) is 4.79 Å². The number of nitrogens with zero attached hydrogens (tertiary/aromatic N) is 1. The van der Waals surface area contributed by atoms with Crippen molar-refractivity contribution in [2.75, 3.05) is 0 Å². The molecule has 0 amide bonds. The van der Waals surface area contributed by atoms with Gasteiger partial charge in [0.25, 0.3) is 0 Å². The number of hydrogen-bond acceptors (Lipinski definition) is 3.